The molecule has 3 rings (SSSR count). The van der Waals surface area contributed by atoms with Gasteiger partial charge in [-0.1, -0.05) is 60.2 Å². The molecule has 0 spiro atoms. The standard InChI is InChI=1S/C22H28N2O2/c1-17-8-7-11-20(16-17)21(24-14-12-23(3)13-15-24)22(25)26-18(2)19-9-5-4-6-10-19/h4-11,16,18,21H,12-15H2,1-3H3/t18-,21?/m0/s1. The second-order valence-corrected chi connectivity index (χ2v) is 7.15. The predicted molar refractivity (Wildman–Crippen MR) is 104 cm³/mol. The molecule has 1 saturated heterocycles. The first-order valence-corrected chi connectivity index (χ1v) is 9.29. The first-order chi connectivity index (χ1) is 12.5. The van der Waals surface area contributed by atoms with E-state index >= 15 is 0 Å². The molecule has 1 aliphatic rings. The molecule has 0 aromatic heterocycles. The molecule has 2 atom stereocenters. The second kappa shape index (κ2) is 8.47. The van der Waals surface area contributed by atoms with Gasteiger partial charge in [0.25, 0.3) is 0 Å². The molecule has 1 heterocycles. The van der Waals surface area contributed by atoms with Gasteiger partial charge in [0.2, 0.25) is 0 Å². The third kappa shape index (κ3) is 4.51. The van der Waals surface area contributed by atoms with Crippen molar-refractivity contribution in [2.45, 2.75) is 26.0 Å². The molecule has 1 unspecified atom stereocenters. The van der Waals surface area contributed by atoms with Gasteiger partial charge < -0.3 is 9.64 Å². The van der Waals surface area contributed by atoms with Crippen molar-refractivity contribution in [2.24, 2.45) is 0 Å². The van der Waals surface area contributed by atoms with Crippen LogP contribution in [0.4, 0.5) is 0 Å². The van der Waals surface area contributed by atoms with Gasteiger partial charge >= 0.3 is 5.97 Å². The van der Waals surface area contributed by atoms with Gasteiger partial charge in [-0.3, -0.25) is 4.90 Å². The minimum atomic E-state index is -0.352. The summed E-state index contributed by atoms with van der Waals surface area (Å²) >= 11 is 0. The van der Waals surface area contributed by atoms with Crippen molar-refractivity contribution in [3.63, 3.8) is 0 Å². The fraction of sp³-hybridized carbons (Fsp3) is 0.409. The zero-order valence-electron chi connectivity index (χ0n) is 15.9. The average molecular weight is 352 g/mol. The van der Waals surface area contributed by atoms with E-state index in [1.165, 1.54) is 0 Å². The Kier molecular flexibility index (Phi) is 6.07. The Hall–Kier alpha value is -2.17. The summed E-state index contributed by atoms with van der Waals surface area (Å²) in [7, 11) is 2.12. The smallest absolute Gasteiger partial charge is 0.328 e. The van der Waals surface area contributed by atoms with Crippen molar-refractivity contribution in [1.29, 1.82) is 0 Å². The van der Waals surface area contributed by atoms with Gasteiger partial charge in [0, 0.05) is 26.2 Å². The molecule has 138 valence electrons. The summed E-state index contributed by atoms with van der Waals surface area (Å²) < 4.78 is 5.88. The molecule has 2 aromatic carbocycles. The predicted octanol–water partition coefficient (Wildman–Crippen LogP) is 3.59. The first kappa shape index (κ1) is 18.6. The Morgan fingerprint density at radius 3 is 2.27 bits per heavy atom. The SMILES string of the molecule is Cc1cccc(C(C(=O)O[C@@H](C)c2ccccc2)N2CCN(C)CC2)c1. The molecule has 0 saturated carbocycles. The summed E-state index contributed by atoms with van der Waals surface area (Å²) in [5.74, 6) is -0.170. The maximum Gasteiger partial charge on any atom is 0.328 e. The quantitative estimate of drug-likeness (QED) is 0.770. The Bertz CT molecular complexity index is 724. The minimum Gasteiger partial charge on any atom is -0.456 e. The van der Waals surface area contributed by atoms with E-state index in [0.29, 0.717) is 0 Å². The number of benzene rings is 2. The molecule has 0 radical (unpaired) electrons. The van der Waals surface area contributed by atoms with Crippen LogP contribution in [0, 0.1) is 6.92 Å². The monoisotopic (exact) mass is 352 g/mol. The first-order valence-electron chi connectivity index (χ1n) is 9.29. The average Bonchev–Trinajstić information content (AvgIpc) is 2.64. The van der Waals surface area contributed by atoms with Gasteiger partial charge in [-0.15, -0.1) is 0 Å². The zero-order chi connectivity index (χ0) is 18.5. The Morgan fingerprint density at radius 1 is 0.962 bits per heavy atom. The number of likely N-dealkylation sites (N-methyl/N-ethyl adjacent to an activating group) is 1. The van der Waals surface area contributed by atoms with Crippen molar-refractivity contribution < 1.29 is 9.53 Å². The number of esters is 1. The maximum atomic E-state index is 13.1. The van der Waals surface area contributed by atoms with Crippen LogP contribution >= 0.6 is 0 Å². The van der Waals surface area contributed by atoms with Gasteiger partial charge in [0.05, 0.1) is 0 Å². The molecule has 0 N–H and O–H groups in total. The third-order valence-electron chi connectivity index (χ3n) is 5.05. The Morgan fingerprint density at radius 2 is 1.62 bits per heavy atom. The molecule has 0 bridgehead atoms. The van der Waals surface area contributed by atoms with Crippen LogP contribution in [0.15, 0.2) is 54.6 Å². The number of carbonyl (C=O) groups excluding carboxylic acids is 1. The highest BCUT2D eigenvalue weighted by Crippen LogP contribution is 2.27. The van der Waals surface area contributed by atoms with Crippen LogP contribution in [0.1, 0.15) is 35.8 Å². The highest BCUT2D eigenvalue weighted by atomic mass is 16.5. The highest BCUT2D eigenvalue weighted by molar-refractivity contribution is 5.78. The van der Waals surface area contributed by atoms with Crippen molar-refractivity contribution in [2.75, 3.05) is 33.2 Å². The largest absolute Gasteiger partial charge is 0.456 e. The second-order valence-electron chi connectivity index (χ2n) is 7.15. The number of hydrogen-bond donors (Lipinski definition) is 0. The molecular weight excluding hydrogens is 324 g/mol. The van der Waals surface area contributed by atoms with Crippen molar-refractivity contribution >= 4 is 5.97 Å². The summed E-state index contributed by atoms with van der Waals surface area (Å²) in [6.07, 6.45) is -0.261. The molecule has 1 aliphatic heterocycles. The topological polar surface area (TPSA) is 32.8 Å². The van der Waals surface area contributed by atoms with E-state index in [9.17, 15) is 4.79 Å². The van der Waals surface area contributed by atoms with Crippen LogP contribution in [0.25, 0.3) is 0 Å². The lowest BCUT2D eigenvalue weighted by atomic mass is 10.0. The van der Waals surface area contributed by atoms with E-state index in [1.807, 2.05) is 49.4 Å². The van der Waals surface area contributed by atoms with Gasteiger partial charge in [0.1, 0.15) is 12.1 Å². The lowest BCUT2D eigenvalue weighted by Crippen LogP contribution is -2.48. The van der Waals surface area contributed by atoms with Gasteiger partial charge in [-0.05, 0) is 32.0 Å². The molecule has 2 aromatic rings. The summed E-state index contributed by atoms with van der Waals surface area (Å²) in [4.78, 5) is 17.7. The van der Waals surface area contributed by atoms with E-state index in [0.717, 1.165) is 42.9 Å². The van der Waals surface area contributed by atoms with Crippen molar-refractivity contribution in [1.82, 2.24) is 9.80 Å². The van der Waals surface area contributed by atoms with E-state index in [4.69, 9.17) is 4.74 Å². The lowest BCUT2D eigenvalue weighted by molar-refractivity contribution is -0.156. The summed E-state index contributed by atoms with van der Waals surface area (Å²) in [6.45, 7) is 7.65. The molecule has 0 amide bonds. The summed E-state index contributed by atoms with van der Waals surface area (Å²) in [6, 6.07) is 17.8. The summed E-state index contributed by atoms with van der Waals surface area (Å²) in [5, 5.41) is 0. The number of nitrogens with zero attached hydrogens (tertiary/aromatic N) is 2. The van der Waals surface area contributed by atoms with Crippen LogP contribution in [0.3, 0.4) is 0 Å². The number of hydrogen-bond acceptors (Lipinski definition) is 4. The third-order valence-corrected chi connectivity index (χ3v) is 5.05. The van der Waals surface area contributed by atoms with Gasteiger partial charge in [-0.25, -0.2) is 4.79 Å². The molecular formula is C22H28N2O2. The van der Waals surface area contributed by atoms with E-state index in [-0.39, 0.29) is 18.1 Å². The minimum absolute atomic E-state index is 0.170. The summed E-state index contributed by atoms with van der Waals surface area (Å²) in [5.41, 5.74) is 3.19. The number of aryl methyl sites for hydroxylation is 1. The van der Waals surface area contributed by atoms with Crippen LogP contribution in [-0.4, -0.2) is 49.0 Å². The van der Waals surface area contributed by atoms with Crippen LogP contribution < -0.4 is 0 Å². The maximum absolute atomic E-state index is 13.1. The molecule has 0 aliphatic carbocycles. The van der Waals surface area contributed by atoms with Gasteiger partial charge in [0.15, 0.2) is 0 Å². The fourth-order valence-corrected chi connectivity index (χ4v) is 3.45. The van der Waals surface area contributed by atoms with E-state index < -0.39 is 0 Å². The number of carbonyl (C=O) groups is 1. The van der Waals surface area contributed by atoms with E-state index in [1.54, 1.807) is 0 Å². The zero-order valence-corrected chi connectivity index (χ0v) is 15.9. The molecule has 1 fully saturated rings. The lowest BCUT2D eigenvalue weighted by Gasteiger charge is -2.37. The number of piperazine rings is 1. The fourth-order valence-electron chi connectivity index (χ4n) is 3.45. The van der Waals surface area contributed by atoms with Crippen LogP contribution in [-0.2, 0) is 9.53 Å². The van der Waals surface area contributed by atoms with Crippen LogP contribution in [0.2, 0.25) is 0 Å². The number of rotatable bonds is 5. The van der Waals surface area contributed by atoms with E-state index in [2.05, 4.69) is 35.9 Å². The van der Waals surface area contributed by atoms with Crippen LogP contribution in [0.5, 0.6) is 0 Å². The molecule has 26 heavy (non-hydrogen) atoms. The van der Waals surface area contributed by atoms with Crippen molar-refractivity contribution in [3.05, 3.63) is 71.3 Å². The van der Waals surface area contributed by atoms with Crippen molar-refractivity contribution in [3.8, 4) is 0 Å². The highest BCUT2D eigenvalue weighted by Gasteiger charge is 2.32. The normalized spacial score (nSPS) is 18.3. The Labute approximate surface area is 156 Å². The Balaban J connectivity index is 1.81. The molecule has 4 heteroatoms. The van der Waals surface area contributed by atoms with Gasteiger partial charge in [-0.2, -0.15) is 0 Å². The molecule has 4 nitrogen and oxygen atoms in total. The number of ether oxygens (including phenoxy) is 1.